The molecule has 0 aliphatic carbocycles. The zero-order chi connectivity index (χ0) is 30.2. The van der Waals surface area contributed by atoms with E-state index in [-0.39, 0.29) is 46.4 Å². The van der Waals surface area contributed by atoms with Gasteiger partial charge in [-0.25, -0.2) is 4.98 Å². The molecule has 12 nitrogen and oxygen atoms in total. The predicted molar refractivity (Wildman–Crippen MR) is 153 cm³/mol. The van der Waals surface area contributed by atoms with Crippen LogP contribution in [-0.2, 0) is 21.5 Å². The van der Waals surface area contributed by atoms with Gasteiger partial charge in [0, 0.05) is 23.2 Å². The second kappa shape index (κ2) is 10.9. The van der Waals surface area contributed by atoms with Crippen molar-refractivity contribution in [3.63, 3.8) is 0 Å². The van der Waals surface area contributed by atoms with Crippen LogP contribution in [-0.4, -0.2) is 60.3 Å². The first-order valence-corrected chi connectivity index (χ1v) is 12.7. The van der Waals surface area contributed by atoms with Crippen LogP contribution in [0.15, 0.2) is 48.5 Å². The third kappa shape index (κ3) is 5.69. The first-order valence-electron chi connectivity index (χ1n) is 12.7. The third-order valence-corrected chi connectivity index (χ3v) is 7.04. The Morgan fingerprint density at radius 3 is 2.34 bits per heavy atom. The number of hydrogen-bond acceptors (Lipinski definition) is 8. The number of carbonyl (C=O) groups excluding carboxylic acids is 2. The maximum absolute atomic E-state index is 12.4. The molecule has 41 heavy (non-hydrogen) atoms. The molecule has 4 rings (SSSR count). The summed E-state index contributed by atoms with van der Waals surface area (Å²) in [5, 5.41) is 51.7. The summed E-state index contributed by atoms with van der Waals surface area (Å²) >= 11 is 0. The number of benzene rings is 3. The first-order chi connectivity index (χ1) is 19.2. The maximum atomic E-state index is 12.4. The number of aromatic hydroxyl groups is 2. The molecule has 2 amide bonds. The van der Waals surface area contributed by atoms with Crippen molar-refractivity contribution < 1.29 is 30.0 Å². The summed E-state index contributed by atoms with van der Waals surface area (Å²) < 4.78 is 0. The standard InChI is InChI=1S/C29H32N6O6/c1-13(36)23(38)27(40)33-12-14-4-7-22(37)17(8-14)18-10-16(29(2,3)28(32)41)11-19(24(18)39)26-34-20-6-5-15(25(30)31)9-21(20)35-26/h4-11,13,23,36-39H,12H2,1-3H3,(H3,30,31)(H2,32,41)(H,33,40)(H,34,35)/t13-,23-/m1/s1. The van der Waals surface area contributed by atoms with E-state index in [0.29, 0.717) is 27.7 Å². The predicted octanol–water partition coefficient (Wildman–Crippen LogP) is 1.71. The molecule has 4 aromatic rings. The van der Waals surface area contributed by atoms with E-state index in [2.05, 4.69) is 15.3 Å². The number of fused-ring (bicyclic) bond motifs is 1. The van der Waals surface area contributed by atoms with E-state index >= 15 is 0 Å². The number of amidine groups is 1. The highest BCUT2D eigenvalue weighted by Crippen LogP contribution is 2.44. The number of nitrogens with zero attached hydrogens (tertiary/aromatic N) is 1. The van der Waals surface area contributed by atoms with Gasteiger partial charge in [0.2, 0.25) is 5.91 Å². The largest absolute Gasteiger partial charge is 0.507 e. The molecular formula is C29H32N6O6. The van der Waals surface area contributed by atoms with Gasteiger partial charge in [-0.05, 0) is 74.4 Å². The molecule has 11 N–H and O–H groups in total. The van der Waals surface area contributed by atoms with E-state index in [4.69, 9.17) is 16.9 Å². The number of amides is 2. The number of rotatable bonds is 9. The zero-order valence-electron chi connectivity index (χ0n) is 22.7. The summed E-state index contributed by atoms with van der Waals surface area (Å²) in [6.45, 7) is 4.50. The lowest BCUT2D eigenvalue weighted by atomic mass is 9.81. The van der Waals surface area contributed by atoms with Gasteiger partial charge >= 0.3 is 0 Å². The fourth-order valence-electron chi connectivity index (χ4n) is 4.25. The van der Waals surface area contributed by atoms with Crippen molar-refractivity contribution in [1.29, 1.82) is 5.41 Å². The van der Waals surface area contributed by atoms with Gasteiger partial charge in [-0.2, -0.15) is 0 Å². The van der Waals surface area contributed by atoms with Crippen LogP contribution in [0.4, 0.5) is 0 Å². The number of aromatic nitrogens is 2. The minimum atomic E-state index is -1.61. The van der Waals surface area contributed by atoms with Crippen LogP contribution in [0.25, 0.3) is 33.5 Å². The molecule has 0 spiro atoms. The van der Waals surface area contributed by atoms with Crippen molar-refractivity contribution in [2.75, 3.05) is 0 Å². The van der Waals surface area contributed by atoms with Crippen molar-refractivity contribution in [1.82, 2.24) is 15.3 Å². The zero-order valence-corrected chi connectivity index (χ0v) is 22.7. The van der Waals surface area contributed by atoms with E-state index in [1.807, 2.05) is 0 Å². The summed E-state index contributed by atoms with van der Waals surface area (Å²) in [5.41, 5.74) is 13.3. The van der Waals surface area contributed by atoms with Crippen molar-refractivity contribution in [3.8, 4) is 34.0 Å². The number of phenols is 2. The van der Waals surface area contributed by atoms with E-state index in [0.717, 1.165) is 0 Å². The summed E-state index contributed by atoms with van der Waals surface area (Å²) in [4.78, 5) is 32.2. The van der Waals surface area contributed by atoms with Gasteiger partial charge in [0.1, 0.15) is 23.2 Å². The van der Waals surface area contributed by atoms with Crippen LogP contribution >= 0.6 is 0 Å². The van der Waals surface area contributed by atoms with Crippen LogP contribution in [0, 0.1) is 5.41 Å². The van der Waals surface area contributed by atoms with Gasteiger partial charge in [-0.1, -0.05) is 6.07 Å². The molecule has 0 unspecified atom stereocenters. The highest BCUT2D eigenvalue weighted by Gasteiger charge is 2.31. The number of aliphatic hydroxyl groups is 2. The van der Waals surface area contributed by atoms with Crippen LogP contribution in [0.1, 0.15) is 37.5 Å². The van der Waals surface area contributed by atoms with E-state index in [1.54, 1.807) is 56.3 Å². The van der Waals surface area contributed by atoms with Gasteiger partial charge in [0.25, 0.3) is 5.91 Å². The average molecular weight is 561 g/mol. The molecule has 0 bridgehead atoms. The molecule has 3 aromatic carbocycles. The molecule has 0 saturated heterocycles. The van der Waals surface area contributed by atoms with Crippen LogP contribution < -0.4 is 16.8 Å². The van der Waals surface area contributed by atoms with Gasteiger partial charge in [0.15, 0.2) is 6.10 Å². The van der Waals surface area contributed by atoms with Crippen molar-refractivity contribution in [2.45, 2.75) is 44.9 Å². The number of primary amides is 1. The number of aromatic amines is 1. The number of nitrogens with two attached hydrogens (primary N) is 2. The summed E-state index contributed by atoms with van der Waals surface area (Å²) in [5.74, 6) is -1.69. The fourth-order valence-corrected chi connectivity index (χ4v) is 4.25. The summed E-state index contributed by atoms with van der Waals surface area (Å²) in [7, 11) is 0. The second-order valence-corrected chi connectivity index (χ2v) is 10.4. The monoisotopic (exact) mass is 560 g/mol. The number of aliphatic hydroxyl groups excluding tert-OH is 2. The SMILES string of the molecule is C[C@@H](O)[C@@H](O)C(=O)NCc1ccc(O)c(-c2cc(C(C)(C)C(N)=O)cc(-c3nc4ccc(C(=N)N)cc4[nH]3)c2O)c1. The van der Waals surface area contributed by atoms with Crippen molar-refractivity contribution in [3.05, 3.63) is 65.2 Å². The Labute approximate surface area is 235 Å². The molecule has 0 fully saturated rings. The lowest BCUT2D eigenvalue weighted by molar-refractivity contribution is -0.134. The van der Waals surface area contributed by atoms with Gasteiger partial charge in [0.05, 0.1) is 28.1 Å². The highest BCUT2D eigenvalue weighted by atomic mass is 16.3. The van der Waals surface area contributed by atoms with Crippen LogP contribution in [0.3, 0.4) is 0 Å². The number of nitrogens with one attached hydrogen (secondary N) is 3. The van der Waals surface area contributed by atoms with Crippen LogP contribution in [0.2, 0.25) is 0 Å². The molecule has 214 valence electrons. The normalized spacial score (nSPS) is 13.1. The Morgan fingerprint density at radius 2 is 1.71 bits per heavy atom. The average Bonchev–Trinajstić information content (AvgIpc) is 3.35. The quantitative estimate of drug-likeness (QED) is 0.108. The maximum Gasteiger partial charge on any atom is 0.251 e. The van der Waals surface area contributed by atoms with Crippen LogP contribution in [0.5, 0.6) is 11.5 Å². The van der Waals surface area contributed by atoms with E-state index in [9.17, 15) is 30.0 Å². The molecule has 0 aliphatic heterocycles. The first kappa shape index (κ1) is 29.1. The Hall–Kier alpha value is -4.94. The molecule has 0 aliphatic rings. The smallest absolute Gasteiger partial charge is 0.251 e. The highest BCUT2D eigenvalue weighted by molar-refractivity contribution is 5.98. The van der Waals surface area contributed by atoms with Gasteiger partial charge in [-0.3, -0.25) is 15.0 Å². The molecule has 0 radical (unpaired) electrons. The number of imidazole rings is 1. The number of nitrogen functional groups attached to an aromatic ring is 1. The van der Waals surface area contributed by atoms with Gasteiger partial charge in [-0.15, -0.1) is 0 Å². The number of carbonyl (C=O) groups is 2. The third-order valence-electron chi connectivity index (χ3n) is 7.04. The lowest BCUT2D eigenvalue weighted by Gasteiger charge is -2.24. The molecule has 1 aromatic heterocycles. The second-order valence-electron chi connectivity index (χ2n) is 10.4. The van der Waals surface area contributed by atoms with Crippen molar-refractivity contribution in [2.24, 2.45) is 11.5 Å². The minimum absolute atomic E-state index is 0.0436. The van der Waals surface area contributed by atoms with Crippen molar-refractivity contribution >= 4 is 28.7 Å². The Balaban J connectivity index is 1.86. The summed E-state index contributed by atoms with van der Waals surface area (Å²) in [6.07, 6.45) is -2.87. The van der Waals surface area contributed by atoms with E-state index < -0.39 is 29.4 Å². The Morgan fingerprint density at radius 1 is 1.02 bits per heavy atom. The molecule has 12 heteroatoms. The topological polar surface area (TPSA) is 232 Å². The molecule has 2 atom stereocenters. The molecule has 0 saturated carbocycles. The molecular weight excluding hydrogens is 528 g/mol. The Bertz CT molecular complexity index is 1680. The number of H-pyrrole nitrogens is 1. The Kier molecular flexibility index (Phi) is 7.73. The lowest BCUT2D eigenvalue weighted by Crippen LogP contribution is -2.40. The number of hydrogen-bond donors (Lipinski definition) is 9. The summed E-state index contributed by atoms with van der Waals surface area (Å²) in [6, 6.07) is 12.6. The van der Waals surface area contributed by atoms with E-state index in [1.165, 1.54) is 13.0 Å². The van der Waals surface area contributed by atoms with Gasteiger partial charge < -0.3 is 42.2 Å². The minimum Gasteiger partial charge on any atom is -0.507 e. The fraction of sp³-hybridized carbons (Fsp3) is 0.241. The molecule has 1 heterocycles. The number of phenolic OH excluding ortho intramolecular Hbond substituents is 2.